The summed E-state index contributed by atoms with van der Waals surface area (Å²) in [5, 5.41) is 29.9. The average molecular weight is 427 g/mol. The van der Waals surface area contributed by atoms with Crippen LogP contribution in [0.4, 0.5) is 0 Å². The zero-order valence-corrected chi connectivity index (χ0v) is 17.2. The van der Waals surface area contributed by atoms with E-state index in [4.69, 9.17) is 14.6 Å². The molecule has 8 nitrogen and oxygen atoms in total. The van der Waals surface area contributed by atoms with Crippen molar-refractivity contribution in [3.8, 4) is 11.5 Å². The van der Waals surface area contributed by atoms with Gasteiger partial charge in [-0.2, -0.15) is 0 Å². The van der Waals surface area contributed by atoms with E-state index in [1.165, 1.54) is 11.0 Å². The van der Waals surface area contributed by atoms with Crippen molar-refractivity contribution in [2.24, 2.45) is 0 Å². The van der Waals surface area contributed by atoms with Crippen LogP contribution in [0, 0.1) is 0 Å². The minimum atomic E-state index is -0.891. The van der Waals surface area contributed by atoms with Gasteiger partial charge in [-0.15, -0.1) is 0 Å². The van der Waals surface area contributed by atoms with Gasteiger partial charge in [0.25, 0.3) is 11.7 Å². The van der Waals surface area contributed by atoms with Gasteiger partial charge in [0.15, 0.2) is 11.5 Å². The first-order valence-corrected chi connectivity index (χ1v) is 9.97. The molecule has 3 N–H and O–H groups in total. The number of phenols is 1. The third-order valence-electron chi connectivity index (χ3n) is 4.90. The van der Waals surface area contributed by atoms with E-state index in [-0.39, 0.29) is 49.2 Å². The summed E-state index contributed by atoms with van der Waals surface area (Å²) < 4.78 is 10.7. The molecule has 8 heteroatoms. The number of aliphatic hydroxyl groups excluding tert-OH is 2. The number of nitrogens with zero attached hydrogens (tertiary/aromatic N) is 1. The predicted molar refractivity (Wildman–Crippen MR) is 113 cm³/mol. The molecule has 0 aromatic heterocycles. The first kappa shape index (κ1) is 22.3. The van der Waals surface area contributed by atoms with Crippen molar-refractivity contribution in [3.05, 3.63) is 65.2 Å². The first-order chi connectivity index (χ1) is 15.0. The molecule has 31 heavy (non-hydrogen) atoms. The lowest BCUT2D eigenvalue weighted by Gasteiger charge is -2.25. The fourth-order valence-corrected chi connectivity index (χ4v) is 3.51. The zero-order valence-electron chi connectivity index (χ0n) is 17.2. The van der Waals surface area contributed by atoms with E-state index in [0.29, 0.717) is 17.7 Å². The Balaban J connectivity index is 2.09. The fraction of sp³-hybridized carbons (Fsp3) is 0.304. The Morgan fingerprint density at radius 3 is 2.52 bits per heavy atom. The molecule has 164 valence electrons. The van der Waals surface area contributed by atoms with E-state index in [1.807, 2.05) is 0 Å². The van der Waals surface area contributed by atoms with Gasteiger partial charge in [-0.05, 0) is 24.6 Å². The number of hydrogen-bond donors (Lipinski definition) is 3. The molecule has 1 heterocycles. The number of carbonyl (C=O) groups is 2. The van der Waals surface area contributed by atoms with Crippen LogP contribution in [0.15, 0.2) is 54.1 Å². The van der Waals surface area contributed by atoms with Crippen LogP contribution in [-0.4, -0.2) is 64.9 Å². The van der Waals surface area contributed by atoms with E-state index in [1.54, 1.807) is 49.4 Å². The molecule has 1 unspecified atom stereocenters. The molecule has 1 aliphatic heterocycles. The van der Waals surface area contributed by atoms with Crippen LogP contribution in [0.5, 0.6) is 11.5 Å². The number of amides is 1. The number of aliphatic hydroxyl groups is 2. The summed E-state index contributed by atoms with van der Waals surface area (Å²) in [5.74, 6) is -1.71. The highest BCUT2D eigenvalue weighted by atomic mass is 16.5. The van der Waals surface area contributed by atoms with Crippen molar-refractivity contribution in [1.82, 2.24) is 4.90 Å². The van der Waals surface area contributed by atoms with Gasteiger partial charge in [-0.1, -0.05) is 36.4 Å². The number of hydrogen-bond acceptors (Lipinski definition) is 7. The summed E-state index contributed by atoms with van der Waals surface area (Å²) in [6, 6.07) is 12.2. The summed E-state index contributed by atoms with van der Waals surface area (Å²) in [7, 11) is 0. The molecule has 1 amide bonds. The number of aromatic hydroxyl groups is 1. The van der Waals surface area contributed by atoms with Crippen LogP contribution in [0.1, 0.15) is 24.1 Å². The molecule has 1 atom stereocenters. The highest BCUT2D eigenvalue weighted by molar-refractivity contribution is 6.46. The minimum Gasteiger partial charge on any atom is -0.507 e. The zero-order chi connectivity index (χ0) is 22.4. The molecule has 0 bridgehead atoms. The van der Waals surface area contributed by atoms with Crippen molar-refractivity contribution in [3.63, 3.8) is 0 Å². The average Bonchev–Trinajstić information content (AvgIpc) is 3.03. The molecular weight excluding hydrogens is 402 g/mol. The Kier molecular flexibility index (Phi) is 7.28. The van der Waals surface area contributed by atoms with Gasteiger partial charge < -0.3 is 29.7 Å². The quantitative estimate of drug-likeness (QED) is 0.243. The van der Waals surface area contributed by atoms with E-state index in [9.17, 15) is 19.8 Å². The lowest BCUT2D eigenvalue weighted by molar-refractivity contribution is -0.140. The number of ketones is 1. The Morgan fingerprint density at radius 2 is 1.84 bits per heavy atom. The number of carbonyl (C=O) groups excluding carboxylic acids is 2. The van der Waals surface area contributed by atoms with Crippen LogP contribution in [-0.2, 0) is 14.3 Å². The number of phenolic OH excluding ortho intramolecular Hbond substituents is 1. The SMILES string of the molecule is CCOc1cc(C2C(=C(O)c3ccccc3)C(=O)C(=O)N2CCOCCO)ccc1O. The second kappa shape index (κ2) is 10.1. The highest BCUT2D eigenvalue weighted by Crippen LogP contribution is 2.41. The summed E-state index contributed by atoms with van der Waals surface area (Å²) in [6.07, 6.45) is 0. The van der Waals surface area contributed by atoms with E-state index < -0.39 is 17.7 Å². The third-order valence-corrected chi connectivity index (χ3v) is 4.90. The molecule has 0 spiro atoms. The molecule has 0 aliphatic carbocycles. The van der Waals surface area contributed by atoms with Gasteiger partial charge in [-0.25, -0.2) is 0 Å². The molecule has 3 rings (SSSR count). The minimum absolute atomic E-state index is 0.0495. The van der Waals surface area contributed by atoms with Crippen LogP contribution < -0.4 is 4.74 Å². The van der Waals surface area contributed by atoms with Crippen molar-refractivity contribution < 1.29 is 34.4 Å². The second-order valence-electron chi connectivity index (χ2n) is 6.85. The van der Waals surface area contributed by atoms with Gasteiger partial charge in [0, 0.05) is 12.1 Å². The Bertz CT molecular complexity index is 971. The molecule has 1 saturated heterocycles. The topological polar surface area (TPSA) is 117 Å². The van der Waals surface area contributed by atoms with Crippen molar-refractivity contribution in [2.75, 3.05) is 33.0 Å². The Hall–Kier alpha value is -3.36. The summed E-state index contributed by atoms with van der Waals surface area (Å²) in [5.41, 5.74) is 0.859. The third kappa shape index (κ3) is 4.70. The van der Waals surface area contributed by atoms with E-state index in [0.717, 1.165) is 0 Å². The Morgan fingerprint density at radius 1 is 1.10 bits per heavy atom. The van der Waals surface area contributed by atoms with Crippen molar-refractivity contribution in [1.29, 1.82) is 0 Å². The smallest absolute Gasteiger partial charge is 0.295 e. The summed E-state index contributed by atoms with van der Waals surface area (Å²) >= 11 is 0. The molecule has 2 aromatic carbocycles. The van der Waals surface area contributed by atoms with Crippen molar-refractivity contribution >= 4 is 17.4 Å². The highest BCUT2D eigenvalue weighted by Gasteiger charge is 2.46. The molecule has 0 radical (unpaired) electrons. The predicted octanol–water partition coefficient (Wildman–Crippen LogP) is 2.22. The van der Waals surface area contributed by atoms with E-state index >= 15 is 0 Å². The molecule has 1 fully saturated rings. The van der Waals surface area contributed by atoms with Gasteiger partial charge in [0.1, 0.15) is 5.76 Å². The number of Topliss-reactive ketones (excluding diaryl/α,β-unsaturated/α-hetero) is 1. The summed E-state index contributed by atoms with van der Waals surface area (Å²) in [6.45, 7) is 2.21. The maximum Gasteiger partial charge on any atom is 0.295 e. The number of likely N-dealkylation sites (tertiary alicyclic amines) is 1. The largest absolute Gasteiger partial charge is 0.507 e. The Labute approximate surface area is 180 Å². The van der Waals surface area contributed by atoms with Crippen LogP contribution in [0.25, 0.3) is 5.76 Å². The fourth-order valence-electron chi connectivity index (χ4n) is 3.51. The lowest BCUT2D eigenvalue weighted by atomic mass is 9.95. The number of benzene rings is 2. The van der Waals surface area contributed by atoms with Gasteiger partial charge in [0.05, 0.1) is 38.0 Å². The monoisotopic (exact) mass is 427 g/mol. The lowest BCUT2D eigenvalue weighted by Crippen LogP contribution is -2.33. The van der Waals surface area contributed by atoms with Crippen LogP contribution in [0.2, 0.25) is 0 Å². The molecular formula is C23H25NO7. The van der Waals surface area contributed by atoms with Gasteiger partial charge in [0.2, 0.25) is 0 Å². The molecule has 2 aromatic rings. The summed E-state index contributed by atoms with van der Waals surface area (Å²) in [4.78, 5) is 27.0. The second-order valence-corrected chi connectivity index (χ2v) is 6.85. The number of rotatable bonds is 9. The van der Waals surface area contributed by atoms with Crippen molar-refractivity contribution in [2.45, 2.75) is 13.0 Å². The van der Waals surface area contributed by atoms with Crippen LogP contribution in [0.3, 0.4) is 0 Å². The normalized spacial score (nSPS) is 17.9. The van der Waals surface area contributed by atoms with Crippen LogP contribution >= 0.6 is 0 Å². The van der Waals surface area contributed by atoms with E-state index in [2.05, 4.69) is 0 Å². The molecule has 1 aliphatic rings. The van der Waals surface area contributed by atoms with Gasteiger partial charge >= 0.3 is 0 Å². The standard InChI is InChI=1S/C23H25NO7/c1-2-31-18-14-16(8-9-17(18)26)20-19(21(27)15-6-4-3-5-7-15)22(28)23(29)24(20)10-12-30-13-11-25/h3-9,14,20,25-27H,2,10-13H2,1H3. The maximum absolute atomic E-state index is 12.9. The van der Waals surface area contributed by atoms with Gasteiger partial charge in [-0.3, -0.25) is 9.59 Å². The molecule has 0 saturated carbocycles. The maximum atomic E-state index is 12.9. The first-order valence-electron chi connectivity index (χ1n) is 9.97. The number of ether oxygens (including phenoxy) is 2.